The number of aromatic amines is 1. The number of hydrogen-bond donors (Lipinski definition) is 3. The molecule has 1 unspecified atom stereocenters. The lowest BCUT2D eigenvalue weighted by Gasteiger charge is -2.38. The Morgan fingerprint density at radius 3 is 2.41 bits per heavy atom. The van der Waals surface area contributed by atoms with Crippen LogP contribution in [0.1, 0.15) is 40.0 Å². The second-order valence-corrected chi connectivity index (χ2v) is 11.0. The largest absolute Gasteiger partial charge is 0.440 e. The third kappa shape index (κ3) is 6.84. The molecular formula is C33H35F3N5O3+. The fourth-order valence-electron chi connectivity index (χ4n) is 5.68. The molecule has 0 saturated carbocycles. The van der Waals surface area contributed by atoms with Gasteiger partial charge < -0.3 is 20.3 Å². The van der Waals surface area contributed by atoms with Gasteiger partial charge in [-0.25, -0.2) is 9.59 Å². The van der Waals surface area contributed by atoms with E-state index in [0.717, 1.165) is 12.1 Å². The van der Waals surface area contributed by atoms with Crippen molar-refractivity contribution in [3.8, 4) is 0 Å². The third-order valence-corrected chi connectivity index (χ3v) is 8.09. The lowest BCUT2D eigenvalue weighted by atomic mass is 9.88. The van der Waals surface area contributed by atoms with E-state index >= 15 is 0 Å². The summed E-state index contributed by atoms with van der Waals surface area (Å²) in [6.45, 7) is 5.93. The third-order valence-electron chi connectivity index (χ3n) is 8.09. The maximum atomic E-state index is 13.1. The first-order valence-electron chi connectivity index (χ1n) is 14.4. The predicted molar refractivity (Wildman–Crippen MR) is 160 cm³/mol. The van der Waals surface area contributed by atoms with Gasteiger partial charge in [0.1, 0.15) is 0 Å². The van der Waals surface area contributed by atoms with Crippen molar-refractivity contribution in [1.82, 2.24) is 20.1 Å². The minimum absolute atomic E-state index is 0.0695. The first-order valence-corrected chi connectivity index (χ1v) is 14.4. The molecule has 11 heteroatoms. The molecule has 1 atom stereocenters. The van der Waals surface area contributed by atoms with Crippen LogP contribution >= 0.6 is 0 Å². The summed E-state index contributed by atoms with van der Waals surface area (Å²) in [6, 6.07) is 17.0. The molecule has 0 bridgehead atoms. The molecule has 5 rings (SSSR count). The van der Waals surface area contributed by atoms with E-state index in [1.54, 1.807) is 41.7 Å². The van der Waals surface area contributed by atoms with Crippen molar-refractivity contribution >= 4 is 18.2 Å². The van der Waals surface area contributed by atoms with Crippen LogP contribution in [-0.2, 0) is 18.3 Å². The standard InChI is InChI=1S/C33H34F3N5O3/c1-2-17-41(31(43)38-20-24-10-12-26(13-11-24)33(34,35)36)28-14-18-39(19-15-28)21-27-22-40(30(42)29-9-6-16-37-29)23-32(27,44)25-7-4-3-5-8-25/h2-13,16,22-23,28,44H,1,14-15,17-21H2,(H-,37,38,42,43)/p+1. The Kier molecular flexibility index (Phi) is 9.17. The monoisotopic (exact) mass is 606 g/mol. The molecule has 230 valence electrons. The van der Waals surface area contributed by atoms with Gasteiger partial charge in [0.05, 0.1) is 11.1 Å². The molecule has 2 aliphatic heterocycles. The minimum Gasteiger partial charge on any atom is -0.371 e. The van der Waals surface area contributed by atoms with Gasteiger partial charge in [0.15, 0.2) is 23.7 Å². The SMILES string of the molecule is C=CCN(C(=O)NCc1ccc(C(F)(F)F)cc1)C1CCN(CC2=C[N+](C(=O)c3ccc[nH]3)=CC2(O)c2ccccc2)CC1. The fourth-order valence-corrected chi connectivity index (χ4v) is 5.68. The van der Waals surface area contributed by atoms with Crippen LogP contribution in [0.15, 0.2) is 97.4 Å². The highest BCUT2D eigenvalue weighted by molar-refractivity contribution is 5.91. The Hall–Kier alpha value is -4.48. The van der Waals surface area contributed by atoms with Crippen molar-refractivity contribution < 1.29 is 32.4 Å². The number of nitrogens with one attached hydrogen (secondary N) is 2. The van der Waals surface area contributed by atoms with Crippen LogP contribution in [0.4, 0.5) is 18.0 Å². The highest BCUT2D eigenvalue weighted by atomic mass is 19.4. The second kappa shape index (κ2) is 13.0. The zero-order valence-electron chi connectivity index (χ0n) is 24.1. The Bertz CT molecular complexity index is 1530. The molecule has 3 aromatic rings. The molecule has 1 fully saturated rings. The van der Waals surface area contributed by atoms with Crippen molar-refractivity contribution in [3.63, 3.8) is 0 Å². The van der Waals surface area contributed by atoms with Crippen molar-refractivity contribution in [2.24, 2.45) is 0 Å². The van der Waals surface area contributed by atoms with Crippen LogP contribution in [0.25, 0.3) is 0 Å². The average Bonchev–Trinajstić information content (AvgIpc) is 3.68. The number of carbonyl (C=O) groups excluding carboxylic acids is 2. The summed E-state index contributed by atoms with van der Waals surface area (Å²) in [5, 5.41) is 14.7. The normalized spacial score (nSPS) is 19.3. The van der Waals surface area contributed by atoms with E-state index < -0.39 is 17.3 Å². The van der Waals surface area contributed by atoms with Crippen molar-refractivity contribution in [3.05, 3.63) is 120 Å². The molecular weight excluding hydrogens is 571 g/mol. The summed E-state index contributed by atoms with van der Waals surface area (Å²) in [5.41, 5.74) is 0.0999. The minimum atomic E-state index is -4.41. The molecule has 0 spiro atoms. The van der Waals surface area contributed by atoms with Crippen molar-refractivity contribution in [1.29, 1.82) is 0 Å². The fraction of sp³-hybridized carbons (Fsp3) is 0.303. The van der Waals surface area contributed by atoms with Gasteiger partial charge in [-0.05, 0) is 48.2 Å². The molecule has 3 amide bonds. The van der Waals surface area contributed by atoms with Gasteiger partial charge in [0, 0.05) is 45.0 Å². The van der Waals surface area contributed by atoms with E-state index in [0.29, 0.717) is 61.4 Å². The molecule has 44 heavy (non-hydrogen) atoms. The first kappa shape index (κ1) is 31.0. The number of urea groups is 1. The molecule has 1 aromatic heterocycles. The van der Waals surface area contributed by atoms with Gasteiger partial charge in [-0.3, -0.25) is 4.90 Å². The number of nitrogens with zero attached hydrogens (tertiary/aromatic N) is 3. The summed E-state index contributed by atoms with van der Waals surface area (Å²) < 4.78 is 40.0. The van der Waals surface area contributed by atoms with Gasteiger partial charge in [-0.1, -0.05) is 48.5 Å². The number of rotatable bonds is 9. The van der Waals surface area contributed by atoms with Crippen LogP contribution in [0.5, 0.6) is 0 Å². The first-order chi connectivity index (χ1) is 21.1. The Morgan fingerprint density at radius 2 is 1.80 bits per heavy atom. The number of H-pyrrole nitrogens is 1. The summed E-state index contributed by atoms with van der Waals surface area (Å²) in [6.07, 6.45) is 3.50. The van der Waals surface area contributed by atoms with Crippen LogP contribution in [0.2, 0.25) is 0 Å². The lowest BCUT2D eigenvalue weighted by Crippen LogP contribution is -2.51. The summed E-state index contributed by atoms with van der Waals surface area (Å²) >= 11 is 0. The van der Waals surface area contributed by atoms with Crippen LogP contribution in [0.3, 0.4) is 0 Å². The number of aromatic nitrogens is 1. The maximum absolute atomic E-state index is 13.1. The van der Waals surface area contributed by atoms with E-state index in [-0.39, 0.29) is 24.5 Å². The van der Waals surface area contributed by atoms with Crippen molar-refractivity contribution in [2.45, 2.75) is 37.2 Å². The highest BCUT2D eigenvalue weighted by Gasteiger charge is 2.45. The molecule has 3 heterocycles. The topological polar surface area (TPSA) is 91.7 Å². The summed E-state index contributed by atoms with van der Waals surface area (Å²) in [4.78, 5) is 33.0. The Balaban J connectivity index is 1.22. The zero-order valence-corrected chi connectivity index (χ0v) is 24.1. The summed E-state index contributed by atoms with van der Waals surface area (Å²) in [7, 11) is 0. The van der Waals surface area contributed by atoms with Gasteiger partial charge in [-0.15, -0.1) is 11.2 Å². The molecule has 0 aliphatic carbocycles. The number of piperidine rings is 1. The van der Waals surface area contributed by atoms with Gasteiger partial charge in [0.2, 0.25) is 0 Å². The molecule has 3 N–H and O–H groups in total. The van der Waals surface area contributed by atoms with Crippen molar-refractivity contribution in [2.75, 3.05) is 26.2 Å². The number of likely N-dealkylation sites (tertiary alicyclic amines) is 1. The zero-order chi connectivity index (χ0) is 31.3. The van der Waals surface area contributed by atoms with E-state index in [1.165, 1.54) is 16.7 Å². The molecule has 8 nitrogen and oxygen atoms in total. The van der Waals surface area contributed by atoms with Crippen LogP contribution in [0, 0.1) is 0 Å². The molecule has 1 saturated heterocycles. The van der Waals surface area contributed by atoms with E-state index in [4.69, 9.17) is 0 Å². The number of aliphatic hydroxyl groups is 1. The number of hydrogen-bond acceptors (Lipinski definition) is 4. The number of alkyl halides is 3. The van der Waals surface area contributed by atoms with Gasteiger partial charge >= 0.3 is 18.1 Å². The Labute approximate surface area is 253 Å². The number of amides is 3. The average molecular weight is 607 g/mol. The molecule has 2 aliphatic rings. The Morgan fingerprint density at radius 1 is 1.09 bits per heavy atom. The van der Waals surface area contributed by atoms with E-state index in [9.17, 15) is 27.9 Å². The van der Waals surface area contributed by atoms with Gasteiger partial charge in [0.25, 0.3) is 0 Å². The smallest absolute Gasteiger partial charge is 0.371 e. The van der Waals surface area contributed by atoms with Crippen LogP contribution in [-0.4, -0.2) is 74.8 Å². The predicted octanol–water partition coefficient (Wildman–Crippen LogP) is 4.90. The quantitative estimate of drug-likeness (QED) is 0.239. The molecule has 2 aromatic carbocycles. The number of benzene rings is 2. The molecule has 0 radical (unpaired) electrons. The maximum Gasteiger partial charge on any atom is 0.440 e. The van der Waals surface area contributed by atoms with Gasteiger partial charge in [-0.2, -0.15) is 13.2 Å². The van der Waals surface area contributed by atoms with Crippen LogP contribution < -0.4 is 5.32 Å². The van der Waals surface area contributed by atoms with E-state index in [1.807, 2.05) is 30.3 Å². The van der Waals surface area contributed by atoms with E-state index in [2.05, 4.69) is 21.8 Å². The summed E-state index contributed by atoms with van der Waals surface area (Å²) in [5.74, 6) is -0.277. The number of halogens is 3. The highest BCUT2D eigenvalue weighted by Crippen LogP contribution is 2.33. The number of carbonyl (C=O) groups is 2. The lowest BCUT2D eigenvalue weighted by molar-refractivity contribution is -0.346. The second-order valence-electron chi connectivity index (χ2n) is 11.0.